The molecule has 7 nitrogen and oxygen atoms in total. The number of piperazine rings is 1. The van der Waals surface area contributed by atoms with Crippen LogP contribution in [0.2, 0.25) is 0 Å². The number of nitrogens with zero attached hydrogens (tertiary/aromatic N) is 3. The van der Waals surface area contributed by atoms with E-state index in [4.69, 9.17) is 10.9 Å². The van der Waals surface area contributed by atoms with Gasteiger partial charge in [0.25, 0.3) is 0 Å². The van der Waals surface area contributed by atoms with E-state index in [0.29, 0.717) is 32.7 Å². The lowest BCUT2D eigenvalue weighted by molar-refractivity contribution is 0.204. The van der Waals surface area contributed by atoms with Gasteiger partial charge in [-0.05, 0) is 20.8 Å². The summed E-state index contributed by atoms with van der Waals surface area (Å²) in [4.78, 5) is 1.96. The zero-order valence-electron chi connectivity index (χ0n) is 11.1. The van der Waals surface area contributed by atoms with Crippen LogP contribution in [-0.2, 0) is 10.0 Å². The van der Waals surface area contributed by atoms with Crippen molar-refractivity contribution in [2.45, 2.75) is 25.5 Å². The molecule has 1 aliphatic rings. The Kier molecular flexibility index (Phi) is 4.57. The van der Waals surface area contributed by atoms with E-state index in [1.54, 1.807) is 20.8 Å². The van der Waals surface area contributed by atoms with Gasteiger partial charge in [0.05, 0.1) is 11.3 Å². The van der Waals surface area contributed by atoms with Gasteiger partial charge in [0.15, 0.2) is 5.84 Å². The van der Waals surface area contributed by atoms with E-state index in [2.05, 4.69) is 5.16 Å². The molecule has 0 aliphatic carbocycles. The van der Waals surface area contributed by atoms with Crippen LogP contribution in [0.1, 0.15) is 20.8 Å². The summed E-state index contributed by atoms with van der Waals surface area (Å²) in [5.41, 5.74) is 5.42. The summed E-state index contributed by atoms with van der Waals surface area (Å²) in [5, 5.41) is 11.4. The van der Waals surface area contributed by atoms with Gasteiger partial charge in [-0.3, -0.25) is 4.90 Å². The van der Waals surface area contributed by atoms with Crippen LogP contribution in [0.4, 0.5) is 0 Å². The number of sulfonamides is 1. The second kappa shape index (κ2) is 5.41. The van der Waals surface area contributed by atoms with Crippen molar-refractivity contribution in [3.05, 3.63) is 0 Å². The molecule has 0 unspecified atom stereocenters. The molecule has 3 N–H and O–H groups in total. The van der Waals surface area contributed by atoms with E-state index < -0.39 is 14.8 Å². The fourth-order valence-electron chi connectivity index (χ4n) is 1.78. The van der Waals surface area contributed by atoms with Gasteiger partial charge in [0.1, 0.15) is 0 Å². The molecule has 0 saturated carbocycles. The van der Waals surface area contributed by atoms with Gasteiger partial charge in [-0.1, -0.05) is 5.16 Å². The summed E-state index contributed by atoms with van der Waals surface area (Å²) < 4.78 is 25.2. The molecule has 1 heterocycles. The second-order valence-electron chi connectivity index (χ2n) is 5.38. The van der Waals surface area contributed by atoms with Crippen LogP contribution >= 0.6 is 0 Å². The van der Waals surface area contributed by atoms with E-state index in [9.17, 15) is 8.42 Å². The monoisotopic (exact) mass is 278 g/mol. The van der Waals surface area contributed by atoms with Gasteiger partial charge >= 0.3 is 0 Å². The number of hydrogen-bond acceptors (Lipinski definition) is 5. The van der Waals surface area contributed by atoms with Crippen LogP contribution in [0.15, 0.2) is 5.16 Å². The minimum Gasteiger partial charge on any atom is -0.409 e. The SMILES string of the molecule is CC(C)(C)S(=O)(=O)N1CCN(CC(N)=NO)CC1. The largest absolute Gasteiger partial charge is 0.409 e. The molecule has 0 aromatic carbocycles. The molecule has 0 radical (unpaired) electrons. The van der Waals surface area contributed by atoms with Gasteiger partial charge in [-0.25, -0.2) is 8.42 Å². The Morgan fingerprint density at radius 1 is 1.28 bits per heavy atom. The van der Waals surface area contributed by atoms with Crippen molar-refractivity contribution in [3.63, 3.8) is 0 Å². The molecule has 1 fully saturated rings. The average Bonchev–Trinajstić information content (AvgIpc) is 2.28. The van der Waals surface area contributed by atoms with Crippen molar-refractivity contribution >= 4 is 15.9 Å². The quantitative estimate of drug-likeness (QED) is 0.313. The summed E-state index contributed by atoms with van der Waals surface area (Å²) >= 11 is 0. The Bertz CT molecular complexity index is 405. The van der Waals surface area contributed by atoms with E-state index in [1.165, 1.54) is 4.31 Å². The molecule has 0 spiro atoms. The maximum Gasteiger partial charge on any atom is 0.219 e. The molecule has 0 bridgehead atoms. The van der Waals surface area contributed by atoms with Crippen molar-refractivity contribution in [2.75, 3.05) is 32.7 Å². The average molecular weight is 278 g/mol. The zero-order chi connectivity index (χ0) is 14.0. The van der Waals surface area contributed by atoms with Gasteiger partial charge < -0.3 is 10.9 Å². The smallest absolute Gasteiger partial charge is 0.219 e. The Morgan fingerprint density at radius 2 is 1.78 bits per heavy atom. The van der Waals surface area contributed by atoms with Gasteiger partial charge in [-0.15, -0.1) is 0 Å². The molecule has 1 rings (SSSR count). The van der Waals surface area contributed by atoms with E-state index in [1.807, 2.05) is 4.90 Å². The van der Waals surface area contributed by atoms with Gasteiger partial charge in [0.2, 0.25) is 10.0 Å². The molecule has 0 amide bonds. The van der Waals surface area contributed by atoms with Crippen LogP contribution < -0.4 is 5.73 Å². The summed E-state index contributed by atoms with van der Waals surface area (Å²) in [7, 11) is -3.26. The fourth-order valence-corrected chi connectivity index (χ4v) is 3.19. The maximum atomic E-state index is 12.2. The third-order valence-electron chi connectivity index (χ3n) is 2.96. The lowest BCUT2D eigenvalue weighted by atomic mass is 10.3. The van der Waals surface area contributed by atoms with Crippen molar-refractivity contribution < 1.29 is 13.6 Å². The first-order chi connectivity index (χ1) is 8.18. The predicted octanol–water partition coefficient (Wildman–Crippen LogP) is -0.521. The highest BCUT2D eigenvalue weighted by Crippen LogP contribution is 2.21. The number of nitrogens with two attached hydrogens (primary N) is 1. The van der Waals surface area contributed by atoms with E-state index >= 15 is 0 Å². The number of rotatable bonds is 3. The van der Waals surface area contributed by atoms with Crippen LogP contribution in [0.5, 0.6) is 0 Å². The first kappa shape index (κ1) is 15.2. The first-order valence-corrected chi connectivity index (χ1v) is 7.31. The first-order valence-electron chi connectivity index (χ1n) is 5.87. The van der Waals surface area contributed by atoms with Gasteiger partial charge in [0, 0.05) is 26.2 Å². The normalized spacial score (nSPS) is 21.2. The molecule has 0 aromatic rings. The standard InChI is InChI=1S/C10H22N4O3S/c1-10(2,3)18(16,17)14-6-4-13(5-7-14)8-9(11)12-15/h15H,4-8H2,1-3H3,(H2,11,12). The van der Waals surface area contributed by atoms with Crippen molar-refractivity contribution in [3.8, 4) is 0 Å². The van der Waals surface area contributed by atoms with Crippen LogP contribution in [0.3, 0.4) is 0 Å². The summed E-state index contributed by atoms with van der Waals surface area (Å²) in [6, 6.07) is 0. The zero-order valence-corrected chi connectivity index (χ0v) is 11.9. The van der Waals surface area contributed by atoms with Crippen LogP contribution in [0, 0.1) is 0 Å². The molecule has 1 aliphatic heterocycles. The van der Waals surface area contributed by atoms with Crippen molar-refractivity contribution in [2.24, 2.45) is 10.9 Å². The number of amidine groups is 1. The minimum atomic E-state index is -3.26. The molecule has 106 valence electrons. The van der Waals surface area contributed by atoms with Crippen LogP contribution in [-0.4, -0.2) is 66.1 Å². The Balaban J connectivity index is 2.60. The van der Waals surface area contributed by atoms with Crippen molar-refractivity contribution in [1.29, 1.82) is 0 Å². The molecule has 0 atom stereocenters. The summed E-state index contributed by atoms with van der Waals surface area (Å²) in [5.74, 6) is 0.141. The summed E-state index contributed by atoms with van der Waals surface area (Å²) in [6.07, 6.45) is 0. The Morgan fingerprint density at radius 3 is 2.17 bits per heavy atom. The third kappa shape index (κ3) is 3.33. The molecule has 8 heteroatoms. The van der Waals surface area contributed by atoms with Gasteiger partial charge in [-0.2, -0.15) is 4.31 Å². The van der Waals surface area contributed by atoms with Crippen LogP contribution in [0.25, 0.3) is 0 Å². The third-order valence-corrected chi connectivity index (χ3v) is 5.55. The highest BCUT2D eigenvalue weighted by Gasteiger charge is 2.36. The predicted molar refractivity (Wildman–Crippen MR) is 70.1 cm³/mol. The highest BCUT2D eigenvalue weighted by molar-refractivity contribution is 7.90. The minimum absolute atomic E-state index is 0.141. The Hall–Kier alpha value is -0.860. The molecule has 1 saturated heterocycles. The molecular formula is C10H22N4O3S. The summed E-state index contributed by atoms with van der Waals surface area (Å²) in [6.45, 7) is 7.52. The molecular weight excluding hydrogens is 256 g/mol. The van der Waals surface area contributed by atoms with E-state index in [-0.39, 0.29) is 5.84 Å². The molecule has 0 aromatic heterocycles. The van der Waals surface area contributed by atoms with Crippen molar-refractivity contribution in [1.82, 2.24) is 9.21 Å². The maximum absolute atomic E-state index is 12.2. The lowest BCUT2D eigenvalue weighted by Crippen LogP contribution is -2.54. The highest BCUT2D eigenvalue weighted by atomic mass is 32.2. The topological polar surface area (TPSA) is 99.2 Å². The molecule has 18 heavy (non-hydrogen) atoms. The lowest BCUT2D eigenvalue weighted by Gasteiger charge is -2.36. The second-order valence-corrected chi connectivity index (χ2v) is 8.08. The Labute approximate surface area is 108 Å². The fraction of sp³-hybridized carbons (Fsp3) is 0.900. The number of oxime groups is 1. The number of hydrogen-bond donors (Lipinski definition) is 2. The van der Waals surface area contributed by atoms with E-state index in [0.717, 1.165) is 0 Å².